The second-order valence-electron chi connectivity index (χ2n) is 2.12. The molecule has 0 radical (unpaired) electrons. The van der Waals surface area contributed by atoms with E-state index in [0.717, 1.165) is 14.2 Å². The molecule has 0 aliphatic carbocycles. The predicted molar refractivity (Wildman–Crippen MR) is 50.5 cm³/mol. The van der Waals surface area contributed by atoms with E-state index in [9.17, 15) is 5.11 Å². The van der Waals surface area contributed by atoms with Gasteiger partial charge in [-0.25, -0.2) is 0 Å². The summed E-state index contributed by atoms with van der Waals surface area (Å²) in [6.07, 6.45) is 4.30. The average molecular weight is 231 g/mol. The van der Waals surface area contributed by atoms with Crippen molar-refractivity contribution in [3.05, 3.63) is 20.3 Å². The van der Waals surface area contributed by atoms with E-state index in [1.165, 1.54) is 11.3 Å². The van der Waals surface area contributed by atoms with E-state index in [4.69, 9.17) is 6.42 Å². The first kappa shape index (κ1) is 8.79. The van der Waals surface area contributed by atoms with Crippen molar-refractivity contribution in [2.75, 3.05) is 0 Å². The summed E-state index contributed by atoms with van der Waals surface area (Å²) < 4.78 is 1.01. The minimum atomic E-state index is -0.759. The third-order valence-corrected chi connectivity index (χ3v) is 3.49. The first-order valence-corrected chi connectivity index (χ1v) is 4.66. The number of thiophene rings is 1. The van der Waals surface area contributed by atoms with Gasteiger partial charge in [0.1, 0.15) is 6.10 Å². The van der Waals surface area contributed by atoms with Crippen molar-refractivity contribution in [1.29, 1.82) is 0 Å². The lowest BCUT2D eigenvalue weighted by molar-refractivity contribution is 0.242. The van der Waals surface area contributed by atoms with Crippen LogP contribution in [0.4, 0.5) is 0 Å². The normalized spacial score (nSPS) is 12.5. The van der Waals surface area contributed by atoms with Gasteiger partial charge in [0.25, 0.3) is 0 Å². The molecule has 1 heterocycles. The zero-order valence-electron chi connectivity index (χ0n) is 5.97. The fourth-order valence-electron chi connectivity index (χ4n) is 0.698. The number of hydrogen-bond donors (Lipinski definition) is 1. The third kappa shape index (κ3) is 1.84. The maximum absolute atomic E-state index is 9.22. The van der Waals surface area contributed by atoms with Crippen molar-refractivity contribution >= 4 is 27.3 Å². The highest BCUT2D eigenvalue weighted by molar-refractivity contribution is 9.10. The maximum Gasteiger partial charge on any atom is 0.149 e. The lowest BCUT2D eigenvalue weighted by atomic mass is 10.3. The summed E-state index contributed by atoms with van der Waals surface area (Å²) in [6.45, 7) is 1.97. The molecule has 1 aromatic rings. The van der Waals surface area contributed by atoms with Crippen molar-refractivity contribution < 1.29 is 5.11 Å². The average Bonchev–Trinajstić information content (AvgIpc) is 2.31. The summed E-state index contributed by atoms with van der Waals surface area (Å²) in [6, 6.07) is 1.85. The fourth-order valence-corrected chi connectivity index (χ4v) is 2.21. The van der Waals surface area contributed by atoms with Gasteiger partial charge in [-0.1, -0.05) is 5.92 Å². The zero-order chi connectivity index (χ0) is 8.43. The standard InChI is InChI=1S/C8H7BrOS/c1-3-7(10)8-4-6(9)5(2)11-8/h1,4,7,10H,2H3. The summed E-state index contributed by atoms with van der Waals surface area (Å²) in [7, 11) is 0. The van der Waals surface area contributed by atoms with Crippen LogP contribution in [0, 0.1) is 19.3 Å². The number of aryl methyl sites for hydroxylation is 1. The molecule has 0 spiro atoms. The molecule has 0 saturated heterocycles. The molecule has 0 aliphatic heterocycles. The zero-order valence-corrected chi connectivity index (χ0v) is 8.37. The van der Waals surface area contributed by atoms with Gasteiger partial charge < -0.3 is 5.11 Å². The Labute approximate surface area is 78.2 Å². The van der Waals surface area contributed by atoms with Crippen LogP contribution in [0.3, 0.4) is 0 Å². The highest BCUT2D eigenvalue weighted by atomic mass is 79.9. The second-order valence-corrected chi connectivity index (χ2v) is 4.26. The van der Waals surface area contributed by atoms with Crippen LogP contribution in [0.5, 0.6) is 0 Å². The molecule has 1 atom stereocenters. The van der Waals surface area contributed by atoms with E-state index in [1.807, 2.05) is 13.0 Å². The van der Waals surface area contributed by atoms with E-state index in [2.05, 4.69) is 21.9 Å². The van der Waals surface area contributed by atoms with Crippen molar-refractivity contribution in [3.63, 3.8) is 0 Å². The van der Waals surface area contributed by atoms with E-state index in [0.29, 0.717) is 0 Å². The molecular weight excluding hydrogens is 224 g/mol. The van der Waals surface area contributed by atoms with Crippen LogP contribution in [0.25, 0.3) is 0 Å². The molecule has 3 heteroatoms. The van der Waals surface area contributed by atoms with Crippen molar-refractivity contribution in [2.45, 2.75) is 13.0 Å². The van der Waals surface area contributed by atoms with Crippen molar-refractivity contribution in [3.8, 4) is 12.3 Å². The first-order chi connectivity index (χ1) is 5.15. The van der Waals surface area contributed by atoms with Gasteiger partial charge in [-0.15, -0.1) is 17.8 Å². The van der Waals surface area contributed by atoms with Crippen LogP contribution in [0.2, 0.25) is 0 Å². The molecule has 0 saturated carbocycles. The molecule has 1 rings (SSSR count). The van der Waals surface area contributed by atoms with Crippen molar-refractivity contribution in [1.82, 2.24) is 0 Å². The predicted octanol–water partition coefficient (Wildman–Crippen LogP) is 2.49. The maximum atomic E-state index is 9.22. The number of aliphatic hydroxyl groups excluding tert-OH is 1. The van der Waals surface area contributed by atoms with Gasteiger partial charge >= 0.3 is 0 Å². The van der Waals surface area contributed by atoms with Gasteiger partial charge in [-0.3, -0.25) is 0 Å². The van der Waals surface area contributed by atoms with Crippen molar-refractivity contribution in [2.24, 2.45) is 0 Å². The molecule has 0 aromatic carbocycles. The Morgan fingerprint density at radius 2 is 2.45 bits per heavy atom. The molecular formula is C8H7BrOS. The van der Waals surface area contributed by atoms with Crippen LogP contribution >= 0.6 is 27.3 Å². The third-order valence-electron chi connectivity index (χ3n) is 1.30. The first-order valence-electron chi connectivity index (χ1n) is 3.05. The molecule has 1 aromatic heterocycles. The minimum absolute atomic E-state index is 0.759. The van der Waals surface area contributed by atoms with Gasteiger partial charge in [-0.05, 0) is 28.9 Å². The molecule has 11 heavy (non-hydrogen) atoms. The van der Waals surface area contributed by atoms with Crippen LogP contribution in [0.1, 0.15) is 15.9 Å². The number of hydrogen-bond acceptors (Lipinski definition) is 2. The summed E-state index contributed by atoms with van der Waals surface area (Å²) >= 11 is 4.85. The van der Waals surface area contributed by atoms with Crippen LogP contribution < -0.4 is 0 Å². The van der Waals surface area contributed by atoms with E-state index < -0.39 is 6.10 Å². The van der Waals surface area contributed by atoms with Crippen LogP contribution in [0.15, 0.2) is 10.5 Å². The SMILES string of the molecule is C#CC(O)c1cc(Br)c(C)s1. The minimum Gasteiger partial charge on any atom is -0.375 e. The molecule has 0 fully saturated rings. The lowest BCUT2D eigenvalue weighted by Gasteiger charge is -1.95. The molecule has 1 unspecified atom stereocenters. The van der Waals surface area contributed by atoms with E-state index in [-0.39, 0.29) is 0 Å². The van der Waals surface area contributed by atoms with Crippen LogP contribution in [-0.4, -0.2) is 5.11 Å². The van der Waals surface area contributed by atoms with Gasteiger partial charge in [-0.2, -0.15) is 0 Å². The summed E-state index contributed by atoms with van der Waals surface area (Å²) in [5, 5.41) is 9.22. The highest BCUT2D eigenvalue weighted by Gasteiger charge is 2.08. The van der Waals surface area contributed by atoms with Gasteiger partial charge in [0.15, 0.2) is 0 Å². The summed E-state index contributed by atoms with van der Waals surface area (Å²) in [4.78, 5) is 1.95. The van der Waals surface area contributed by atoms with Crippen LogP contribution in [-0.2, 0) is 0 Å². The van der Waals surface area contributed by atoms with Gasteiger partial charge in [0.05, 0.1) is 0 Å². The number of terminal acetylenes is 1. The van der Waals surface area contributed by atoms with Gasteiger partial charge in [0.2, 0.25) is 0 Å². The topological polar surface area (TPSA) is 20.2 Å². The molecule has 1 nitrogen and oxygen atoms in total. The second kappa shape index (κ2) is 3.40. The fraction of sp³-hybridized carbons (Fsp3) is 0.250. The Kier molecular flexibility index (Phi) is 2.72. The van der Waals surface area contributed by atoms with E-state index in [1.54, 1.807) is 0 Å². The Balaban J connectivity index is 2.99. The Morgan fingerprint density at radius 1 is 1.82 bits per heavy atom. The molecule has 0 bridgehead atoms. The molecule has 1 N–H and O–H groups in total. The summed E-state index contributed by atoms with van der Waals surface area (Å²) in [5.74, 6) is 2.27. The monoisotopic (exact) mass is 230 g/mol. The summed E-state index contributed by atoms with van der Waals surface area (Å²) in [5.41, 5.74) is 0. The number of rotatable bonds is 1. The smallest absolute Gasteiger partial charge is 0.149 e. The van der Waals surface area contributed by atoms with E-state index >= 15 is 0 Å². The largest absolute Gasteiger partial charge is 0.375 e. The molecule has 0 amide bonds. The Morgan fingerprint density at radius 3 is 2.82 bits per heavy atom. The number of aliphatic hydroxyl groups is 1. The quantitative estimate of drug-likeness (QED) is 0.736. The Hall–Kier alpha value is -0.300. The molecule has 58 valence electrons. The Bertz CT molecular complexity index is 278. The number of halogens is 1. The highest BCUT2D eigenvalue weighted by Crippen LogP contribution is 2.29. The van der Waals surface area contributed by atoms with Gasteiger partial charge in [0, 0.05) is 14.2 Å². The lowest BCUT2D eigenvalue weighted by Crippen LogP contribution is -1.86. The molecule has 0 aliphatic rings.